The maximum atomic E-state index is 11.8. The van der Waals surface area contributed by atoms with Gasteiger partial charge in [0.1, 0.15) is 11.6 Å². The Morgan fingerprint density at radius 1 is 1.52 bits per heavy atom. The van der Waals surface area contributed by atoms with E-state index in [1.807, 2.05) is 6.92 Å². The fourth-order valence-corrected chi connectivity index (χ4v) is 2.77. The maximum Gasteiger partial charge on any atom is 0.252 e. The third-order valence-corrected chi connectivity index (χ3v) is 3.90. The van der Waals surface area contributed by atoms with E-state index >= 15 is 0 Å². The smallest absolute Gasteiger partial charge is 0.252 e. The molecule has 2 rings (SSSR count). The summed E-state index contributed by atoms with van der Waals surface area (Å²) in [6.07, 6.45) is 4.27. The van der Waals surface area contributed by atoms with E-state index in [2.05, 4.69) is 20.2 Å². The first kappa shape index (κ1) is 16.0. The van der Waals surface area contributed by atoms with Crippen LogP contribution in [0.4, 0.5) is 5.82 Å². The molecule has 6 nitrogen and oxygen atoms in total. The van der Waals surface area contributed by atoms with E-state index in [0.29, 0.717) is 6.04 Å². The van der Waals surface area contributed by atoms with Crippen molar-refractivity contribution in [1.29, 1.82) is 0 Å². The lowest BCUT2D eigenvalue weighted by Crippen LogP contribution is -2.47. The van der Waals surface area contributed by atoms with E-state index in [9.17, 15) is 4.79 Å². The lowest BCUT2D eigenvalue weighted by molar-refractivity contribution is 0.198. The van der Waals surface area contributed by atoms with Crippen LogP contribution < -0.4 is 15.8 Å². The Hall–Kier alpha value is -1.40. The van der Waals surface area contributed by atoms with Crippen LogP contribution >= 0.6 is 0 Å². The first-order chi connectivity index (χ1) is 10.2. The van der Waals surface area contributed by atoms with E-state index in [1.165, 1.54) is 6.42 Å². The number of aromatic nitrogens is 2. The highest BCUT2D eigenvalue weighted by Crippen LogP contribution is 2.21. The Balaban J connectivity index is 2.07. The number of hydrogen-bond donors (Lipinski definition) is 2. The monoisotopic (exact) mass is 294 g/mol. The molecule has 0 saturated carbocycles. The molecule has 1 atom stereocenters. The number of rotatable bonds is 7. The molecular formula is C15H26N4O2. The number of aromatic amines is 1. The highest BCUT2D eigenvalue weighted by molar-refractivity contribution is 5.39. The molecule has 1 aromatic heterocycles. The normalized spacial score (nSPS) is 19.0. The summed E-state index contributed by atoms with van der Waals surface area (Å²) >= 11 is 0. The van der Waals surface area contributed by atoms with Crippen LogP contribution in [0.25, 0.3) is 0 Å². The van der Waals surface area contributed by atoms with Crippen LogP contribution in [0.1, 0.15) is 32.0 Å². The lowest BCUT2D eigenvalue weighted by atomic mass is 10.0. The third-order valence-electron chi connectivity index (χ3n) is 3.90. The molecule has 1 aromatic rings. The van der Waals surface area contributed by atoms with Gasteiger partial charge < -0.3 is 19.9 Å². The van der Waals surface area contributed by atoms with Gasteiger partial charge in [0.05, 0.1) is 6.61 Å². The maximum absolute atomic E-state index is 11.8. The van der Waals surface area contributed by atoms with Gasteiger partial charge in [-0.05, 0) is 19.3 Å². The van der Waals surface area contributed by atoms with Gasteiger partial charge in [-0.1, -0.05) is 6.92 Å². The van der Waals surface area contributed by atoms with Crippen LogP contribution in [-0.2, 0) is 11.2 Å². The zero-order valence-electron chi connectivity index (χ0n) is 13.0. The number of methoxy groups -OCH3 is 1. The summed E-state index contributed by atoms with van der Waals surface area (Å²) in [6, 6.07) is 2.02. The second-order valence-corrected chi connectivity index (χ2v) is 5.44. The minimum atomic E-state index is -0.0616. The minimum Gasteiger partial charge on any atom is -0.383 e. The fraction of sp³-hybridized carbons (Fsp3) is 0.733. The van der Waals surface area contributed by atoms with Gasteiger partial charge in [-0.25, -0.2) is 4.98 Å². The molecule has 2 N–H and O–H groups in total. The van der Waals surface area contributed by atoms with Crippen molar-refractivity contribution in [2.45, 2.75) is 38.6 Å². The molecule has 0 spiro atoms. The zero-order chi connectivity index (χ0) is 15.1. The largest absolute Gasteiger partial charge is 0.383 e. The summed E-state index contributed by atoms with van der Waals surface area (Å²) < 4.78 is 5.05. The molecule has 2 heterocycles. The lowest BCUT2D eigenvalue weighted by Gasteiger charge is -2.37. The van der Waals surface area contributed by atoms with Gasteiger partial charge in [0, 0.05) is 45.3 Å². The van der Waals surface area contributed by atoms with E-state index < -0.39 is 0 Å². The summed E-state index contributed by atoms with van der Waals surface area (Å²) in [5.41, 5.74) is -0.0616. The van der Waals surface area contributed by atoms with Crippen LogP contribution in [-0.4, -0.2) is 49.4 Å². The number of anilines is 1. The molecule has 6 heteroatoms. The van der Waals surface area contributed by atoms with Crippen LogP contribution in [0.15, 0.2) is 10.9 Å². The van der Waals surface area contributed by atoms with E-state index in [-0.39, 0.29) is 5.56 Å². The summed E-state index contributed by atoms with van der Waals surface area (Å²) in [5.74, 6) is 1.57. The van der Waals surface area contributed by atoms with Gasteiger partial charge in [-0.3, -0.25) is 4.79 Å². The SMILES string of the molecule is CCc1nc(N2CCCCC2CNCCOC)cc(=O)[nH]1. The molecule has 0 amide bonds. The average molecular weight is 294 g/mol. The Bertz CT molecular complexity index is 489. The number of ether oxygens (including phenoxy) is 1. The van der Waals surface area contributed by atoms with Gasteiger partial charge in [0.2, 0.25) is 0 Å². The molecule has 0 aromatic carbocycles. The molecule has 1 fully saturated rings. The van der Waals surface area contributed by atoms with Crippen LogP contribution in [0, 0.1) is 0 Å². The van der Waals surface area contributed by atoms with Crippen LogP contribution in [0.3, 0.4) is 0 Å². The number of aryl methyl sites for hydroxylation is 1. The molecule has 1 aliphatic heterocycles. The Labute approximate surface area is 125 Å². The molecule has 1 saturated heterocycles. The van der Waals surface area contributed by atoms with Gasteiger partial charge >= 0.3 is 0 Å². The Kier molecular flexibility index (Phi) is 6.20. The zero-order valence-corrected chi connectivity index (χ0v) is 13.0. The number of nitrogens with zero attached hydrogens (tertiary/aromatic N) is 2. The fourth-order valence-electron chi connectivity index (χ4n) is 2.77. The van der Waals surface area contributed by atoms with Gasteiger partial charge in [-0.2, -0.15) is 0 Å². The number of H-pyrrole nitrogens is 1. The summed E-state index contributed by atoms with van der Waals surface area (Å²) in [4.78, 5) is 21.4. The predicted molar refractivity (Wildman–Crippen MR) is 84.0 cm³/mol. The molecule has 118 valence electrons. The van der Waals surface area contributed by atoms with E-state index in [4.69, 9.17) is 4.74 Å². The molecule has 0 radical (unpaired) electrons. The summed E-state index contributed by atoms with van der Waals surface area (Å²) in [6.45, 7) is 5.44. The van der Waals surface area contributed by atoms with Crippen molar-refractivity contribution in [3.8, 4) is 0 Å². The van der Waals surface area contributed by atoms with Crippen molar-refractivity contribution in [2.24, 2.45) is 0 Å². The second-order valence-electron chi connectivity index (χ2n) is 5.44. The van der Waals surface area contributed by atoms with Crippen molar-refractivity contribution in [2.75, 3.05) is 38.3 Å². The summed E-state index contributed by atoms with van der Waals surface area (Å²) in [7, 11) is 1.71. The van der Waals surface area contributed by atoms with Crippen LogP contribution in [0.5, 0.6) is 0 Å². The van der Waals surface area contributed by atoms with Crippen molar-refractivity contribution in [3.05, 3.63) is 22.2 Å². The Morgan fingerprint density at radius 3 is 3.14 bits per heavy atom. The predicted octanol–water partition coefficient (Wildman–Crippen LogP) is 0.927. The van der Waals surface area contributed by atoms with Crippen molar-refractivity contribution >= 4 is 5.82 Å². The highest BCUT2D eigenvalue weighted by atomic mass is 16.5. The van der Waals surface area contributed by atoms with Crippen molar-refractivity contribution < 1.29 is 4.74 Å². The average Bonchev–Trinajstić information content (AvgIpc) is 2.51. The minimum absolute atomic E-state index is 0.0616. The molecule has 1 unspecified atom stereocenters. The first-order valence-electron chi connectivity index (χ1n) is 7.81. The van der Waals surface area contributed by atoms with E-state index in [1.54, 1.807) is 13.2 Å². The molecular weight excluding hydrogens is 268 g/mol. The van der Waals surface area contributed by atoms with Crippen molar-refractivity contribution in [1.82, 2.24) is 15.3 Å². The van der Waals surface area contributed by atoms with Crippen molar-refractivity contribution in [3.63, 3.8) is 0 Å². The van der Waals surface area contributed by atoms with Gasteiger partial charge in [0.15, 0.2) is 0 Å². The molecule has 0 bridgehead atoms. The topological polar surface area (TPSA) is 70.2 Å². The Morgan fingerprint density at radius 2 is 2.38 bits per heavy atom. The van der Waals surface area contributed by atoms with Crippen LogP contribution in [0.2, 0.25) is 0 Å². The molecule has 21 heavy (non-hydrogen) atoms. The number of hydrogen-bond acceptors (Lipinski definition) is 5. The number of piperidine rings is 1. The van der Waals surface area contributed by atoms with Gasteiger partial charge in [0.25, 0.3) is 5.56 Å². The molecule has 1 aliphatic rings. The number of nitrogens with one attached hydrogen (secondary N) is 2. The third kappa shape index (κ3) is 4.54. The molecule has 0 aliphatic carbocycles. The van der Waals surface area contributed by atoms with Gasteiger partial charge in [-0.15, -0.1) is 0 Å². The summed E-state index contributed by atoms with van der Waals surface area (Å²) in [5, 5.41) is 3.42. The first-order valence-corrected chi connectivity index (χ1v) is 7.81. The highest BCUT2D eigenvalue weighted by Gasteiger charge is 2.23. The van der Waals surface area contributed by atoms with E-state index in [0.717, 1.165) is 57.1 Å². The standard InChI is InChI=1S/C15H26N4O2/c1-3-13-17-14(10-15(20)18-13)19-8-5-4-6-12(19)11-16-7-9-21-2/h10,12,16H,3-9,11H2,1-2H3,(H,17,18,20). The second kappa shape index (κ2) is 8.14. The quantitative estimate of drug-likeness (QED) is 0.732.